The van der Waals surface area contributed by atoms with Crippen molar-refractivity contribution in [3.63, 3.8) is 0 Å². The standard InChI is InChI=1S/C22H20FNO/c1-16-12-13-21(20(23)14-16)24-22(25)15-19(17-8-4-2-5-9-17)18-10-6-3-7-11-18/h2-14,19H,15H2,1H3,(H,24,25). The summed E-state index contributed by atoms with van der Waals surface area (Å²) in [5, 5.41) is 2.69. The first-order chi connectivity index (χ1) is 12.1. The van der Waals surface area contributed by atoms with Gasteiger partial charge in [0, 0.05) is 12.3 Å². The quantitative estimate of drug-likeness (QED) is 0.675. The van der Waals surface area contributed by atoms with Gasteiger partial charge in [0.1, 0.15) is 5.82 Å². The van der Waals surface area contributed by atoms with Gasteiger partial charge in [-0.2, -0.15) is 0 Å². The van der Waals surface area contributed by atoms with Crippen molar-refractivity contribution in [2.24, 2.45) is 0 Å². The Morgan fingerprint density at radius 2 is 1.48 bits per heavy atom. The highest BCUT2D eigenvalue weighted by Crippen LogP contribution is 2.28. The second-order valence-electron chi connectivity index (χ2n) is 6.11. The van der Waals surface area contributed by atoms with Crippen LogP contribution in [0.25, 0.3) is 0 Å². The van der Waals surface area contributed by atoms with Gasteiger partial charge in [0.05, 0.1) is 5.69 Å². The van der Waals surface area contributed by atoms with Gasteiger partial charge in [-0.1, -0.05) is 66.7 Å². The predicted octanol–water partition coefficient (Wildman–Crippen LogP) is 5.29. The molecule has 0 bridgehead atoms. The highest BCUT2D eigenvalue weighted by atomic mass is 19.1. The first-order valence-electron chi connectivity index (χ1n) is 8.29. The summed E-state index contributed by atoms with van der Waals surface area (Å²) < 4.78 is 14.0. The van der Waals surface area contributed by atoms with Crippen molar-refractivity contribution in [1.29, 1.82) is 0 Å². The fourth-order valence-corrected chi connectivity index (χ4v) is 2.91. The molecule has 3 rings (SSSR count). The molecule has 2 nitrogen and oxygen atoms in total. The Kier molecular flexibility index (Phi) is 5.24. The maximum atomic E-state index is 14.0. The van der Waals surface area contributed by atoms with Gasteiger partial charge in [0.25, 0.3) is 0 Å². The fourth-order valence-electron chi connectivity index (χ4n) is 2.91. The molecule has 3 heteroatoms. The second-order valence-corrected chi connectivity index (χ2v) is 6.11. The van der Waals surface area contributed by atoms with Crippen molar-refractivity contribution in [1.82, 2.24) is 0 Å². The summed E-state index contributed by atoms with van der Waals surface area (Å²) in [5.41, 5.74) is 3.17. The number of hydrogen-bond donors (Lipinski definition) is 1. The number of hydrogen-bond acceptors (Lipinski definition) is 1. The minimum absolute atomic E-state index is 0.0732. The first kappa shape index (κ1) is 16.9. The van der Waals surface area contributed by atoms with Crippen LogP contribution in [0.4, 0.5) is 10.1 Å². The Bertz CT molecular complexity index is 807. The molecule has 0 atom stereocenters. The number of carbonyl (C=O) groups excluding carboxylic acids is 1. The SMILES string of the molecule is Cc1ccc(NC(=O)CC(c2ccccc2)c2ccccc2)c(F)c1. The normalized spacial score (nSPS) is 10.7. The van der Waals surface area contributed by atoms with Crippen LogP contribution in [0, 0.1) is 12.7 Å². The van der Waals surface area contributed by atoms with Crippen LogP contribution in [-0.4, -0.2) is 5.91 Å². The van der Waals surface area contributed by atoms with E-state index in [9.17, 15) is 9.18 Å². The lowest BCUT2D eigenvalue weighted by Gasteiger charge is -2.18. The molecule has 0 aliphatic carbocycles. The third-order valence-electron chi connectivity index (χ3n) is 4.19. The van der Waals surface area contributed by atoms with E-state index in [-0.39, 0.29) is 23.9 Å². The molecule has 0 aliphatic heterocycles. The summed E-state index contributed by atoms with van der Waals surface area (Å²) in [4.78, 5) is 12.5. The van der Waals surface area contributed by atoms with Crippen LogP contribution >= 0.6 is 0 Å². The summed E-state index contributed by atoms with van der Waals surface area (Å²) >= 11 is 0. The number of anilines is 1. The average Bonchev–Trinajstić information content (AvgIpc) is 2.63. The molecular weight excluding hydrogens is 313 g/mol. The molecule has 25 heavy (non-hydrogen) atoms. The van der Waals surface area contributed by atoms with Gasteiger partial charge in [-0.3, -0.25) is 4.79 Å². The second kappa shape index (κ2) is 7.75. The van der Waals surface area contributed by atoms with Gasteiger partial charge in [0.2, 0.25) is 5.91 Å². The molecule has 3 aromatic rings. The van der Waals surface area contributed by atoms with E-state index in [4.69, 9.17) is 0 Å². The molecule has 0 fully saturated rings. The summed E-state index contributed by atoms with van der Waals surface area (Å²) in [7, 11) is 0. The summed E-state index contributed by atoms with van der Waals surface area (Å²) in [6.07, 6.45) is 0.251. The van der Waals surface area contributed by atoms with Crippen molar-refractivity contribution in [2.45, 2.75) is 19.3 Å². The van der Waals surface area contributed by atoms with Crippen molar-refractivity contribution < 1.29 is 9.18 Å². The van der Waals surface area contributed by atoms with Gasteiger partial charge < -0.3 is 5.32 Å². The smallest absolute Gasteiger partial charge is 0.225 e. The molecule has 0 aliphatic rings. The van der Waals surface area contributed by atoms with Gasteiger partial charge in [-0.25, -0.2) is 4.39 Å². The van der Waals surface area contributed by atoms with Crippen LogP contribution in [0.1, 0.15) is 29.0 Å². The molecule has 0 unspecified atom stereocenters. The zero-order chi connectivity index (χ0) is 17.6. The zero-order valence-corrected chi connectivity index (χ0v) is 14.1. The molecule has 0 saturated heterocycles. The fraction of sp³-hybridized carbons (Fsp3) is 0.136. The molecule has 3 aromatic carbocycles. The number of aryl methyl sites for hydroxylation is 1. The predicted molar refractivity (Wildman–Crippen MR) is 99.1 cm³/mol. The van der Waals surface area contributed by atoms with E-state index >= 15 is 0 Å². The molecule has 0 saturated carbocycles. The Balaban J connectivity index is 1.82. The lowest BCUT2D eigenvalue weighted by atomic mass is 9.88. The molecule has 126 valence electrons. The van der Waals surface area contributed by atoms with Crippen LogP contribution < -0.4 is 5.32 Å². The van der Waals surface area contributed by atoms with E-state index < -0.39 is 5.82 Å². The monoisotopic (exact) mass is 333 g/mol. The lowest BCUT2D eigenvalue weighted by molar-refractivity contribution is -0.116. The van der Waals surface area contributed by atoms with E-state index in [1.165, 1.54) is 6.07 Å². The Hall–Kier alpha value is -2.94. The molecule has 0 heterocycles. The van der Waals surface area contributed by atoms with Crippen molar-refractivity contribution in [3.8, 4) is 0 Å². The minimum atomic E-state index is -0.413. The van der Waals surface area contributed by atoms with Crippen molar-refractivity contribution in [3.05, 3.63) is 101 Å². The average molecular weight is 333 g/mol. The molecule has 1 N–H and O–H groups in total. The highest BCUT2D eigenvalue weighted by Gasteiger charge is 2.18. The number of benzene rings is 3. The Morgan fingerprint density at radius 1 is 0.920 bits per heavy atom. The summed E-state index contributed by atoms with van der Waals surface area (Å²) in [6, 6.07) is 24.6. The first-order valence-corrected chi connectivity index (χ1v) is 8.29. The van der Waals surface area contributed by atoms with Gasteiger partial charge >= 0.3 is 0 Å². The highest BCUT2D eigenvalue weighted by molar-refractivity contribution is 5.91. The van der Waals surface area contributed by atoms with E-state index in [1.54, 1.807) is 12.1 Å². The van der Waals surface area contributed by atoms with E-state index in [2.05, 4.69) is 5.32 Å². The van der Waals surface area contributed by atoms with Crippen LogP contribution in [0.2, 0.25) is 0 Å². The van der Waals surface area contributed by atoms with E-state index in [1.807, 2.05) is 67.6 Å². The third kappa shape index (κ3) is 4.32. The zero-order valence-electron chi connectivity index (χ0n) is 14.1. The number of halogens is 1. The Labute approximate surface area is 147 Å². The number of rotatable bonds is 5. The third-order valence-corrected chi connectivity index (χ3v) is 4.19. The Morgan fingerprint density at radius 3 is 2.00 bits per heavy atom. The van der Waals surface area contributed by atoms with Crippen LogP contribution in [0.15, 0.2) is 78.9 Å². The number of carbonyl (C=O) groups is 1. The number of amides is 1. The molecule has 0 aromatic heterocycles. The maximum absolute atomic E-state index is 14.0. The van der Waals surface area contributed by atoms with Crippen molar-refractivity contribution >= 4 is 11.6 Å². The largest absolute Gasteiger partial charge is 0.324 e. The van der Waals surface area contributed by atoms with Crippen LogP contribution in [-0.2, 0) is 4.79 Å². The summed E-state index contributed by atoms with van der Waals surface area (Å²) in [6.45, 7) is 1.81. The molecule has 0 radical (unpaired) electrons. The maximum Gasteiger partial charge on any atom is 0.225 e. The van der Waals surface area contributed by atoms with Gasteiger partial charge in [0.15, 0.2) is 0 Å². The molecule has 0 spiro atoms. The van der Waals surface area contributed by atoms with Crippen molar-refractivity contribution in [2.75, 3.05) is 5.32 Å². The van der Waals surface area contributed by atoms with Gasteiger partial charge in [-0.15, -0.1) is 0 Å². The van der Waals surface area contributed by atoms with E-state index in [0.717, 1.165) is 16.7 Å². The topological polar surface area (TPSA) is 29.1 Å². The van der Waals surface area contributed by atoms with Crippen LogP contribution in [0.5, 0.6) is 0 Å². The van der Waals surface area contributed by atoms with Crippen LogP contribution in [0.3, 0.4) is 0 Å². The number of nitrogens with one attached hydrogen (secondary N) is 1. The minimum Gasteiger partial charge on any atom is -0.324 e. The molecule has 1 amide bonds. The lowest BCUT2D eigenvalue weighted by Crippen LogP contribution is -2.17. The molecular formula is C22H20FNO. The summed E-state index contributed by atoms with van der Waals surface area (Å²) in [5.74, 6) is -0.694. The van der Waals surface area contributed by atoms with E-state index in [0.29, 0.717) is 0 Å². The van der Waals surface area contributed by atoms with Gasteiger partial charge in [-0.05, 0) is 35.7 Å².